The summed E-state index contributed by atoms with van der Waals surface area (Å²) >= 11 is 1.27. The van der Waals surface area contributed by atoms with E-state index in [2.05, 4.69) is 0 Å². The first kappa shape index (κ1) is 19.0. The Hall–Kier alpha value is -1.37. The molecule has 0 N–H and O–H groups in total. The molecule has 1 fully saturated rings. The summed E-state index contributed by atoms with van der Waals surface area (Å²) in [6, 6.07) is 9.06. The number of thioether (sulfide) groups is 1. The van der Waals surface area contributed by atoms with Crippen LogP contribution in [0.4, 0.5) is 0 Å². The van der Waals surface area contributed by atoms with Gasteiger partial charge in [0, 0.05) is 5.75 Å². The van der Waals surface area contributed by atoms with Crippen molar-refractivity contribution >= 4 is 22.8 Å². The van der Waals surface area contributed by atoms with Gasteiger partial charge < -0.3 is 4.74 Å². The molecule has 1 aliphatic rings. The third-order valence-corrected chi connectivity index (χ3v) is 5.06. The van der Waals surface area contributed by atoms with Gasteiger partial charge in [0.15, 0.2) is 5.12 Å². The Labute approximate surface area is 147 Å². The van der Waals surface area contributed by atoms with E-state index in [9.17, 15) is 9.59 Å². The van der Waals surface area contributed by atoms with Crippen molar-refractivity contribution in [3.8, 4) is 0 Å². The van der Waals surface area contributed by atoms with Crippen LogP contribution in [0, 0.1) is 5.92 Å². The summed E-state index contributed by atoms with van der Waals surface area (Å²) in [6.07, 6.45) is 0.566. The molecule has 1 saturated heterocycles. The van der Waals surface area contributed by atoms with Crippen LogP contribution in [-0.4, -0.2) is 40.7 Å². The minimum absolute atomic E-state index is 0.00188. The summed E-state index contributed by atoms with van der Waals surface area (Å²) in [4.78, 5) is 30.9. The Morgan fingerprint density at radius 3 is 2.58 bits per heavy atom. The molecule has 132 valence electrons. The highest BCUT2D eigenvalue weighted by atomic mass is 32.2. The maximum Gasteiger partial charge on any atom is 0.326 e. The molecular weight excluding hydrogens is 326 g/mol. The van der Waals surface area contributed by atoms with E-state index in [0.717, 1.165) is 17.7 Å². The largest absolute Gasteiger partial charge is 0.465 e. The standard InChI is InChI=1S/C18H25NO4S/c1-4-11-24-18(21)15-13(3)23-19(16(15)17(20)22-5-2)12-14-9-7-6-8-10-14/h6-10,13,15-16H,4-5,11-12H2,1-3H3/t13-,15-,16-/m0/s1. The van der Waals surface area contributed by atoms with Crippen molar-refractivity contribution in [2.75, 3.05) is 12.4 Å². The van der Waals surface area contributed by atoms with Crippen LogP contribution in [0.3, 0.4) is 0 Å². The Kier molecular flexibility index (Phi) is 7.27. The number of hydrogen-bond donors (Lipinski definition) is 0. The number of hydrogen-bond acceptors (Lipinski definition) is 6. The maximum atomic E-state index is 12.6. The third-order valence-electron chi connectivity index (χ3n) is 3.89. The lowest BCUT2D eigenvalue weighted by Gasteiger charge is -2.23. The van der Waals surface area contributed by atoms with Crippen LogP contribution in [0.5, 0.6) is 0 Å². The van der Waals surface area contributed by atoms with Crippen LogP contribution < -0.4 is 0 Å². The third kappa shape index (κ3) is 4.59. The molecule has 1 heterocycles. The van der Waals surface area contributed by atoms with E-state index in [0.29, 0.717) is 6.54 Å². The van der Waals surface area contributed by atoms with Gasteiger partial charge in [-0.25, -0.2) is 0 Å². The molecule has 5 nitrogen and oxygen atoms in total. The van der Waals surface area contributed by atoms with Gasteiger partial charge in [-0.2, -0.15) is 5.06 Å². The molecule has 2 rings (SSSR count). The van der Waals surface area contributed by atoms with Gasteiger partial charge in [-0.05, 0) is 25.8 Å². The lowest BCUT2D eigenvalue weighted by atomic mass is 9.97. The fourth-order valence-corrected chi connectivity index (χ4v) is 3.71. The van der Waals surface area contributed by atoms with Gasteiger partial charge in [-0.15, -0.1) is 0 Å². The van der Waals surface area contributed by atoms with E-state index < -0.39 is 17.9 Å². The second kappa shape index (κ2) is 9.20. The molecular formula is C18H25NO4S. The molecule has 1 aliphatic heterocycles. The van der Waals surface area contributed by atoms with Crippen molar-refractivity contribution in [3.05, 3.63) is 35.9 Å². The normalized spacial score (nSPS) is 24.0. The van der Waals surface area contributed by atoms with Crippen LogP contribution in [0.1, 0.15) is 32.8 Å². The predicted molar refractivity (Wildman–Crippen MR) is 94.2 cm³/mol. The van der Waals surface area contributed by atoms with Gasteiger partial charge >= 0.3 is 5.97 Å². The molecule has 0 aromatic heterocycles. The van der Waals surface area contributed by atoms with Crippen LogP contribution in [0.15, 0.2) is 30.3 Å². The average molecular weight is 351 g/mol. The van der Waals surface area contributed by atoms with Gasteiger partial charge in [0.2, 0.25) is 0 Å². The number of esters is 1. The fraction of sp³-hybridized carbons (Fsp3) is 0.556. The van der Waals surface area contributed by atoms with E-state index in [-0.39, 0.29) is 17.8 Å². The molecule has 6 heteroatoms. The fourth-order valence-electron chi connectivity index (χ4n) is 2.79. The van der Waals surface area contributed by atoms with Crippen molar-refractivity contribution in [2.24, 2.45) is 5.92 Å². The first-order valence-corrected chi connectivity index (χ1v) is 9.37. The van der Waals surface area contributed by atoms with Crippen LogP contribution >= 0.6 is 11.8 Å². The monoisotopic (exact) mass is 351 g/mol. The summed E-state index contributed by atoms with van der Waals surface area (Å²) in [5, 5.41) is 1.60. The maximum absolute atomic E-state index is 12.6. The van der Waals surface area contributed by atoms with Crippen LogP contribution in [-0.2, 0) is 25.7 Å². The molecule has 0 aliphatic carbocycles. The lowest BCUT2D eigenvalue weighted by molar-refractivity contribution is -0.183. The van der Waals surface area contributed by atoms with Crippen molar-refractivity contribution in [1.82, 2.24) is 5.06 Å². The minimum atomic E-state index is -0.697. The number of ether oxygens (including phenoxy) is 1. The number of rotatable bonds is 7. The van der Waals surface area contributed by atoms with Crippen molar-refractivity contribution in [3.63, 3.8) is 0 Å². The molecule has 0 bridgehead atoms. The van der Waals surface area contributed by atoms with Gasteiger partial charge in [0.1, 0.15) is 6.04 Å². The first-order valence-electron chi connectivity index (χ1n) is 8.39. The van der Waals surface area contributed by atoms with Crippen molar-refractivity contribution < 1.29 is 19.2 Å². The number of nitrogens with zero attached hydrogens (tertiary/aromatic N) is 1. The smallest absolute Gasteiger partial charge is 0.326 e. The quantitative estimate of drug-likeness (QED) is 0.704. The Balaban J connectivity index is 2.19. The zero-order valence-electron chi connectivity index (χ0n) is 14.4. The molecule has 24 heavy (non-hydrogen) atoms. The van der Waals surface area contributed by atoms with E-state index >= 15 is 0 Å². The molecule has 0 saturated carbocycles. The number of benzene rings is 1. The SMILES string of the molecule is CCCSC(=O)[C@H]1[C@H](C)ON(Cc2ccccc2)[C@@H]1C(=O)OCC. The highest BCUT2D eigenvalue weighted by Gasteiger charge is 2.49. The summed E-state index contributed by atoms with van der Waals surface area (Å²) in [5.41, 5.74) is 1.02. The summed E-state index contributed by atoms with van der Waals surface area (Å²) in [7, 11) is 0. The highest BCUT2D eigenvalue weighted by molar-refractivity contribution is 8.13. The molecule has 0 unspecified atom stereocenters. The van der Waals surface area contributed by atoms with Crippen LogP contribution in [0.2, 0.25) is 0 Å². The molecule has 0 amide bonds. The molecule has 1 aromatic carbocycles. The zero-order valence-corrected chi connectivity index (χ0v) is 15.3. The Morgan fingerprint density at radius 2 is 1.96 bits per heavy atom. The summed E-state index contributed by atoms with van der Waals surface area (Å²) < 4.78 is 5.20. The van der Waals surface area contributed by atoms with E-state index in [1.54, 1.807) is 12.0 Å². The topological polar surface area (TPSA) is 55.8 Å². The lowest BCUT2D eigenvalue weighted by Crippen LogP contribution is -2.42. The predicted octanol–water partition coefficient (Wildman–Crippen LogP) is 3.04. The van der Waals surface area contributed by atoms with E-state index in [1.807, 2.05) is 44.2 Å². The van der Waals surface area contributed by atoms with Gasteiger partial charge in [0.05, 0.1) is 25.2 Å². The van der Waals surface area contributed by atoms with Gasteiger partial charge in [-0.1, -0.05) is 49.0 Å². The second-order valence-corrected chi connectivity index (χ2v) is 6.86. The molecule has 0 spiro atoms. The first-order chi connectivity index (χ1) is 11.6. The highest BCUT2D eigenvalue weighted by Crippen LogP contribution is 2.33. The van der Waals surface area contributed by atoms with Crippen LogP contribution in [0.25, 0.3) is 0 Å². The van der Waals surface area contributed by atoms with E-state index in [4.69, 9.17) is 9.57 Å². The van der Waals surface area contributed by atoms with E-state index in [1.165, 1.54) is 11.8 Å². The summed E-state index contributed by atoms with van der Waals surface area (Å²) in [6.45, 7) is 6.36. The Bertz CT molecular complexity index is 551. The molecule has 0 radical (unpaired) electrons. The molecule has 3 atom stereocenters. The van der Waals surface area contributed by atoms with Crippen molar-refractivity contribution in [1.29, 1.82) is 0 Å². The summed E-state index contributed by atoms with van der Waals surface area (Å²) in [5.74, 6) is -0.159. The Morgan fingerprint density at radius 1 is 1.25 bits per heavy atom. The van der Waals surface area contributed by atoms with Gasteiger partial charge in [0.25, 0.3) is 0 Å². The number of carbonyl (C=O) groups is 2. The molecule has 1 aromatic rings. The average Bonchev–Trinajstić information content (AvgIpc) is 2.90. The number of hydroxylamine groups is 2. The van der Waals surface area contributed by atoms with Crippen molar-refractivity contribution in [2.45, 2.75) is 45.9 Å². The second-order valence-electron chi connectivity index (χ2n) is 5.76. The minimum Gasteiger partial charge on any atom is -0.465 e. The number of carbonyl (C=O) groups excluding carboxylic acids is 2. The zero-order chi connectivity index (χ0) is 17.5. The van der Waals surface area contributed by atoms with Gasteiger partial charge in [-0.3, -0.25) is 14.4 Å².